The van der Waals surface area contributed by atoms with E-state index in [9.17, 15) is 0 Å². The zero-order chi connectivity index (χ0) is 15.8. The van der Waals surface area contributed by atoms with Crippen LogP contribution in [0.1, 0.15) is 27.7 Å². The van der Waals surface area contributed by atoms with Crippen LogP contribution in [0.25, 0.3) is 0 Å². The molecule has 0 atom stereocenters. The number of halogens is 2. The van der Waals surface area contributed by atoms with E-state index in [1.165, 1.54) is 0 Å². The van der Waals surface area contributed by atoms with Gasteiger partial charge in [0.1, 0.15) is 5.75 Å². The van der Waals surface area contributed by atoms with Crippen molar-refractivity contribution in [2.45, 2.75) is 38.9 Å². The molecule has 1 heterocycles. The molecule has 0 spiro atoms. The first kappa shape index (κ1) is 16.9. The molecule has 1 aromatic carbocycles. The summed E-state index contributed by atoms with van der Waals surface area (Å²) in [7, 11) is 0.957. The maximum absolute atomic E-state index is 6.29. The van der Waals surface area contributed by atoms with Crippen LogP contribution in [0.5, 0.6) is 5.75 Å². The van der Waals surface area contributed by atoms with Gasteiger partial charge >= 0.3 is 7.12 Å². The second kappa shape index (κ2) is 5.97. The first-order chi connectivity index (χ1) is 9.68. The lowest BCUT2D eigenvalue weighted by Crippen LogP contribution is -2.41. The molecule has 0 aliphatic carbocycles. The van der Waals surface area contributed by atoms with Gasteiger partial charge in [-0.1, -0.05) is 23.2 Å². The molecular formula is C14H19BCl2O4. The van der Waals surface area contributed by atoms with Crippen LogP contribution in [0, 0.1) is 0 Å². The van der Waals surface area contributed by atoms with Crippen LogP contribution in [-0.4, -0.2) is 32.2 Å². The number of methoxy groups -OCH3 is 1. The van der Waals surface area contributed by atoms with Crippen molar-refractivity contribution in [1.29, 1.82) is 0 Å². The summed E-state index contributed by atoms with van der Waals surface area (Å²) in [6.07, 6.45) is 0. The van der Waals surface area contributed by atoms with Gasteiger partial charge in [-0.15, -0.1) is 0 Å². The molecule has 7 heteroatoms. The Bertz CT molecular complexity index is 518. The molecule has 2 rings (SSSR count). The Hall–Kier alpha value is -0.455. The molecule has 0 saturated carbocycles. The van der Waals surface area contributed by atoms with E-state index >= 15 is 0 Å². The van der Waals surface area contributed by atoms with Gasteiger partial charge in [0.15, 0.2) is 6.79 Å². The summed E-state index contributed by atoms with van der Waals surface area (Å²) in [6.45, 7) is 8.05. The smallest absolute Gasteiger partial charge is 0.468 e. The van der Waals surface area contributed by atoms with Crippen molar-refractivity contribution in [1.82, 2.24) is 0 Å². The van der Waals surface area contributed by atoms with E-state index in [1.807, 2.05) is 27.7 Å². The SMILES string of the molecule is COCOc1cc(Cl)c(Cl)c(B2OC(C)(C)C(C)(C)O2)c1. The average molecular weight is 333 g/mol. The lowest BCUT2D eigenvalue weighted by Gasteiger charge is -2.32. The van der Waals surface area contributed by atoms with Crippen LogP contribution < -0.4 is 10.2 Å². The van der Waals surface area contributed by atoms with Gasteiger partial charge in [0.25, 0.3) is 0 Å². The van der Waals surface area contributed by atoms with Crippen LogP contribution >= 0.6 is 23.2 Å². The predicted octanol–water partition coefficient (Wildman–Crippen LogP) is 3.28. The van der Waals surface area contributed by atoms with Crippen molar-refractivity contribution in [3.63, 3.8) is 0 Å². The number of hydrogen-bond donors (Lipinski definition) is 0. The lowest BCUT2D eigenvalue weighted by atomic mass is 9.79. The van der Waals surface area contributed by atoms with Gasteiger partial charge in [-0.2, -0.15) is 0 Å². The fraction of sp³-hybridized carbons (Fsp3) is 0.571. The second-order valence-electron chi connectivity index (χ2n) is 5.95. The topological polar surface area (TPSA) is 36.9 Å². The average Bonchev–Trinajstić information content (AvgIpc) is 2.59. The molecule has 0 unspecified atom stereocenters. The van der Waals surface area contributed by atoms with E-state index in [-0.39, 0.29) is 6.79 Å². The lowest BCUT2D eigenvalue weighted by molar-refractivity contribution is 0.00578. The Balaban J connectivity index is 2.34. The quantitative estimate of drug-likeness (QED) is 0.626. The molecule has 0 aromatic heterocycles. The predicted molar refractivity (Wildman–Crippen MR) is 84.7 cm³/mol. The Kier molecular flexibility index (Phi) is 4.81. The number of ether oxygens (including phenoxy) is 2. The highest BCUT2D eigenvalue weighted by Gasteiger charge is 2.52. The van der Waals surface area contributed by atoms with Gasteiger partial charge in [0, 0.05) is 18.6 Å². The summed E-state index contributed by atoms with van der Waals surface area (Å²) in [5.41, 5.74) is -0.248. The van der Waals surface area contributed by atoms with E-state index in [2.05, 4.69) is 0 Å². The summed E-state index contributed by atoms with van der Waals surface area (Å²) in [5.74, 6) is 0.552. The van der Waals surface area contributed by atoms with Crippen molar-refractivity contribution in [3.05, 3.63) is 22.2 Å². The van der Waals surface area contributed by atoms with Crippen LogP contribution in [-0.2, 0) is 14.0 Å². The molecule has 0 N–H and O–H groups in total. The minimum Gasteiger partial charge on any atom is -0.468 e. The first-order valence-electron chi connectivity index (χ1n) is 6.64. The van der Waals surface area contributed by atoms with Gasteiger partial charge in [-0.05, 0) is 33.8 Å². The van der Waals surface area contributed by atoms with E-state index in [0.717, 1.165) is 0 Å². The van der Waals surface area contributed by atoms with E-state index in [4.69, 9.17) is 42.0 Å². The molecule has 1 aliphatic rings. The van der Waals surface area contributed by atoms with Crippen LogP contribution in [0.3, 0.4) is 0 Å². The molecule has 0 bridgehead atoms. The molecule has 4 nitrogen and oxygen atoms in total. The number of hydrogen-bond acceptors (Lipinski definition) is 4. The van der Waals surface area contributed by atoms with E-state index < -0.39 is 18.3 Å². The van der Waals surface area contributed by atoms with Crippen molar-refractivity contribution < 1.29 is 18.8 Å². The van der Waals surface area contributed by atoms with E-state index in [0.29, 0.717) is 21.3 Å². The molecule has 0 radical (unpaired) electrons. The fourth-order valence-electron chi connectivity index (χ4n) is 1.94. The third-order valence-electron chi connectivity index (χ3n) is 3.88. The number of rotatable bonds is 4. The van der Waals surface area contributed by atoms with Crippen molar-refractivity contribution in [2.75, 3.05) is 13.9 Å². The van der Waals surface area contributed by atoms with Crippen LogP contribution in [0.2, 0.25) is 10.0 Å². The highest BCUT2D eigenvalue weighted by molar-refractivity contribution is 6.66. The summed E-state index contributed by atoms with van der Waals surface area (Å²) < 4.78 is 22.3. The van der Waals surface area contributed by atoms with Crippen molar-refractivity contribution in [2.24, 2.45) is 0 Å². The van der Waals surface area contributed by atoms with E-state index in [1.54, 1.807) is 19.2 Å². The molecule has 116 valence electrons. The van der Waals surface area contributed by atoms with Gasteiger partial charge in [-0.3, -0.25) is 0 Å². The molecule has 1 saturated heterocycles. The molecule has 1 aliphatic heterocycles. The van der Waals surface area contributed by atoms with Crippen molar-refractivity contribution in [3.8, 4) is 5.75 Å². The Labute approximate surface area is 135 Å². The van der Waals surface area contributed by atoms with Crippen molar-refractivity contribution >= 4 is 35.8 Å². The monoisotopic (exact) mass is 332 g/mol. The molecule has 21 heavy (non-hydrogen) atoms. The Morgan fingerprint density at radius 1 is 1.10 bits per heavy atom. The molecule has 1 fully saturated rings. The van der Waals surface area contributed by atoms with Crippen LogP contribution in [0.4, 0.5) is 0 Å². The molecule has 1 aromatic rings. The minimum absolute atomic E-state index is 0.126. The van der Waals surface area contributed by atoms with Gasteiger partial charge in [0.2, 0.25) is 0 Å². The van der Waals surface area contributed by atoms with Gasteiger partial charge in [-0.25, -0.2) is 0 Å². The van der Waals surface area contributed by atoms with Crippen LogP contribution in [0.15, 0.2) is 12.1 Å². The number of benzene rings is 1. The largest absolute Gasteiger partial charge is 0.496 e. The summed E-state index contributed by atoms with van der Waals surface area (Å²) in [6, 6.07) is 3.40. The third kappa shape index (κ3) is 3.32. The highest BCUT2D eigenvalue weighted by Crippen LogP contribution is 2.38. The summed E-state index contributed by atoms with van der Waals surface area (Å²) in [5, 5.41) is 0.787. The Morgan fingerprint density at radius 3 is 2.19 bits per heavy atom. The van der Waals surface area contributed by atoms with Gasteiger partial charge in [0.05, 0.1) is 21.2 Å². The molecule has 0 amide bonds. The first-order valence-corrected chi connectivity index (χ1v) is 7.40. The third-order valence-corrected chi connectivity index (χ3v) is 4.70. The normalized spacial score (nSPS) is 19.9. The Morgan fingerprint density at radius 2 is 1.67 bits per heavy atom. The summed E-state index contributed by atoms with van der Waals surface area (Å²) in [4.78, 5) is 0. The standard InChI is InChI=1S/C14H19BCl2O4/c1-13(2)14(3,4)21-15(20-13)10-6-9(19-8-18-5)7-11(16)12(10)17/h6-7H,8H2,1-5H3. The second-order valence-corrected chi connectivity index (χ2v) is 6.73. The highest BCUT2D eigenvalue weighted by atomic mass is 35.5. The maximum Gasteiger partial charge on any atom is 0.496 e. The summed E-state index contributed by atoms with van der Waals surface area (Å²) >= 11 is 12.4. The zero-order valence-corrected chi connectivity index (χ0v) is 14.3. The van der Waals surface area contributed by atoms with Gasteiger partial charge < -0.3 is 18.8 Å². The maximum atomic E-state index is 6.29. The zero-order valence-electron chi connectivity index (χ0n) is 12.8. The molecular weight excluding hydrogens is 314 g/mol. The minimum atomic E-state index is -0.592. The fourth-order valence-corrected chi connectivity index (χ4v) is 2.35.